The first kappa shape index (κ1) is 27.2. The number of carbonyl (C=O) groups excluding carboxylic acids is 2. The largest absolute Gasteiger partial charge is 0.481 e. The molecule has 0 radical (unpaired) electrons. The number of thiazole rings is 1. The van der Waals surface area contributed by atoms with Crippen LogP contribution >= 0.6 is 11.3 Å². The molecule has 3 rings (SSSR count). The minimum atomic E-state index is -3.50. The van der Waals surface area contributed by atoms with Crippen LogP contribution in [0.15, 0.2) is 54.2 Å². The van der Waals surface area contributed by atoms with Crippen LogP contribution in [0.1, 0.15) is 36.0 Å². The van der Waals surface area contributed by atoms with Crippen LogP contribution in [0.5, 0.6) is 0 Å². The first-order valence-electron chi connectivity index (χ1n) is 11.2. The van der Waals surface area contributed by atoms with Gasteiger partial charge < -0.3 is 15.2 Å². The average molecular weight is 534 g/mol. The van der Waals surface area contributed by atoms with E-state index in [9.17, 15) is 22.8 Å². The maximum atomic E-state index is 13.0. The highest BCUT2D eigenvalue weighted by Gasteiger charge is 2.22. The van der Waals surface area contributed by atoms with E-state index >= 15 is 0 Å². The second-order valence-electron chi connectivity index (χ2n) is 8.12. The van der Waals surface area contributed by atoms with Gasteiger partial charge in [0.1, 0.15) is 0 Å². The summed E-state index contributed by atoms with van der Waals surface area (Å²) in [5, 5.41) is 13.8. The third kappa shape index (κ3) is 8.11. The number of Topliss-reactive ketones (excluding diaryl/α,β-unsaturated/α-hetero) is 1. The number of carboxylic acids is 1. The number of hydrogen-bond donors (Lipinski definition) is 2. The van der Waals surface area contributed by atoms with Gasteiger partial charge in [-0.25, -0.2) is 13.4 Å². The maximum absolute atomic E-state index is 13.0. The Labute approximate surface area is 213 Å². The lowest BCUT2D eigenvalue weighted by molar-refractivity contribution is -0.137. The third-order valence-corrected chi connectivity index (χ3v) is 7.02. The molecule has 0 aliphatic carbocycles. The smallest absolute Gasteiger partial charge is 0.303 e. The average Bonchev–Trinajstić information content (AvgIpc) is 3.51. The van der Waals surface area contributed by atoms with Gasteiger partial charge in [-0.15, -0.1) is 11.3 Å². The topological polar surface area (TPSA) is 145 Å². The molecule has 0 bridgehead atoms. The first-order chi connectivity index (χ1) is 17.1. The van der Waals surface area contributed by atoms with Crippen molar-refractivity contribution < 1.29 is 32.6 Å². The molecular weight excluding hydrogens is 506 g/mol. The van der Waals surface area contributed by atoms with E-state index in [4.69, 9.17) is 9.84 Å². The Hall–Kier alpha value is -3.35. The molecule has 1 atom stereocenters. The molecule has 0 saturated heterocycles. The predicted octanol–water partition coefficient (Wildman–Crippen LogP) is 3.52. The summed E-state index contributed by atoms with van der Waals surface area (Å²) >= 11 is 1.28. The van der Waals surface area contributed by atoms with Gasteiger partial charge in [0.25, 0.3) is 0 Å². The molecule has 36 heavy (non-hydrogen) atoms. The molecule has 0 spiro atoms. The van der Waals surface area contributed by atoms with Crippen molar-refractivity contribution in [1.82, 2.24) is 8.96 Å². The lowest BCUT2D eigenvalue weighted by Crippen LogP contribution is -2.27. The van der Waals surface area contributed by atoms with E-state index in [2.05, 4.69) is 10.3 Å². The van der Waals surface area contributed by atoms with Crippen molar-refractivity contribution in [3.05, 3.63) is 59.7 Å². The minimum Gasteiger partial charge on any atom is -0.481 e. The van der Waals surface area contributed by atoms with Crippen molar-refractivity contribution in [2.45, 2.75) is 25.7 Å². The van der Waals surface area contributed by atoms with Crippen molar-refractivity contribution in [1.29, 1.82) is 0 Å². The number of nitrogens with one attached hydrogen (secondary N) is 1. The van der Waals surface area contributed by atoms with E-state index in [1.165, 1.54) is 29.8 Å². The van der Waals surface area contributed by atoms with Gasteiger partial charge in [0, 0.05) is 48.3 Å². The van der Waals surface area contributed by atoms with E-state index < -0.39 is 21.9 Å². The van der Waals surface area contributed by atoms with Crippen molar-refractivity contribution in [2.75, 3.05) is 24.8 Å². The summed E-state index contributed by atoms with van der Waals surface area (Å²) in [7, 11) is -3.50. The molecule has 1 amide bonds. The molecule has 0 aliphatic heterocycles. The first-order valence-corrected chi connectivity index (χ1v) is 13.9. The summed E-state index contributed by atoms with van der Waals surface area (Å²) in [4.78, 5) is 40.8. The number of anilines is 1. The van der Waals surface area contributed by atoms with Crippen LogP contribution in [-0.2, 0) is 24.3 Å². The number of carboxylic acid groups (broad SMARTS) is 1. The highest BCUT2D eigenvalue weighted by atomic mass is 32.2. The Morgan fingerprint density at radius 2 is 1.92 bits per heavy atom. The number of ether oxygens (including phenoxy) is 1. The monoisotopic (exact) mass is 533 g/mol. The minimum absolute atomic E-state index is 0.00000118. The summed E-state index contributed by atoms with van der Waals surface area (Å²) in [5.74, 6) is -2.30. The summed E-state index contributed by atoms with van der Waals surface area (Å²) in [5.41, 5.74) is 1.87. The number of aromatic nitrogens is 2. The summed E-state index contributed by atoms with van der Waals surface area (Å²) in [6, 6.07) is 10.9. The second-order valence-corrected chi connectivity index (χ2v) is 10.9. The summed E-state index contributed by atoms with van der Waals surface area (Å²) in [6.45, 7) is 0.163. The normalized spacial score (nSPS) is 12.2. The van der Waals surface area contributed by atoms with Crippen LogP contribution in [0.4, 0.5) is 5.13 Å². The highest BCUT2D eigenvalue weighted by Crippen LogP contribution is 2.25. The Morgan fingerprint density at radius 1 is 1.17 bits per heavy atom. The van der Waals surface area contributed by atoms with Gasteiger partial charge in [-0.05, 0) is 18.9 Å². The van der Waals surface area contributed by atoms with E-state index in [0.29, 0.717) is 11.6 Å². The Balaban J connectivity index is 1.63. The molecule has 3 aromatic rings. The summed E-state index contributed by atoms with van der Waals surface area (Å²) < 4.78 is 29.8. The molecule has 0 saturated carbocycles. The van der Waals surface area contributed by atoms with Crippen LogP contribution in [0, 0.1) is 5.92 Å². The van der Waals surface area contributed by atoms with E-state index in [1.807, 2.05) is 35.7 Å². The molecule has 0 aliphatic rings. The molecule has 2 aromatic heterocycles. The lowest BCUT2D eigenvalue weighted by atomic mass is 9.99. The standard InChI is InChI=1S/C24H27N3O7S2/c1-36(32,33)27-12-11-18(14-27)21(28)10-9-19(15-34-13-5-8-22(29)30)23(31)26-24-25-20(16-35-24)17-6-3-2-4-7-17/h2-4,6-7,11-12,14,16,19H,5,8-10,13,15H2,1H3,(H,29,30)(H,25,26,31)/t19-/m0/s1. The van der Waals surface area contributed by atoms with Crippen LogP contribution in [-0.4, -0.2) is 59.6 Å². The van der Waals surface area contributed by atoms with Gasteiger partial charge in [-0.1, -0.05) is 30.3 Å². The molecule has 192 valence electrons. The second kappa shape index (κ2) is 12.6. The molecule has 10 nitrogen and oxygen atoms in total. The zero-order valence-electron chi connectivity index (χ0n) is 19.6. The number of ketones is 1. The Kier molecular flexibility index (Phi) is 9.51. The van der Waals surface area contributed by atoms with Gasteiger partial charge in [-0.3, -0.25) is 18.4 Å². The predicted molar refractivity (Wildman–Crippen MR) is 136 cm³/mol. The maximum Gasteiger partial charge on any atom is 0.303 e. The van der Waals surface area contributed by atoms with Crippen molar-refractivity contribution >= 4 is 44.2 Å². The zero-order chi connectivity index (χ0) is 26.1. The fourth-order valence-electron chi connectivity index (χ4n) is 3.32. The zero-order valence-corrected chi connectivity index (χ0v) is 21.3. The third-order valence-electron chi connectivity index (χ3n) is 5.27. The number of amides is 1. The molecule has 2 heterocycles. The number of aliphatic carboxylic acids is 1. The van der Waals surface area contributed by atoms with Gasteiger partial charge >= 0.3 is 5.97 Å². The molecule has 0 unspecified atom stereocenters. The fraction of sp³-hybridized carbons (Fsp3) is 0.333. The van der Waals surface area contributed by atoms with Gasteiger partial charge in [0.15, 0.2) is 10.9 Å². The van der Waals surface area contributed by atoms with Gasteiger partial charge in [-0.2, -0.15) is 0 Å². The van der Waals surface area contributed by atoms with Crippen LogP contribution in [0.25, 0.3) is 11.3 Å². The Bertz CT molecular complexity index is 1300. The van der Waals surface area contributed by atoms with E-state index in [0.717, 1.165) is 21.5 Å². The molecule has 12 heteroatoms. The number of rotatable bonds is 14. The number of nitrogens with zero attached hydrogens (tertiary/aromatic N) is 2. The van der Waals surface area contributed by atoms with Gasteiger partial charge in [0.05, 0.1) is 24.5 Å². The lowest BCUT2D eigenvalue weighted by Gasteiger charge is -2.16. The SMILES string of the molecule is CS(=O)(=O)n1ccc(C(=O)CC[C@@H](COCCCC(=O)O)C(=O)Nc2nc(-c3ccccc3)cs2)c1. The highest BCUT2D eigenvalue weighted by molar-refractivity contribution is 7.89. The van der Waals surface area contributed by atoms with E-state index in [1.54, 1.807) is 0 Å². The number of benzene rings is 1. The summed E-state index contributed by atoms with van der Waals surface area (Å²) in [6.07, 6.45) is 3.98. The van der Waals surface area contributed by atoms with Crippen LogP contribution in [0.3, 0.4) is 0 Å². The van der Waals surface area contributed by atoms with Gasteiger partial charge in [0.2, 0.25) is 15.9 Å². The molecule has 0 fully saturated rings. The molecular formula is C24H27N3O7S2. The van der Waals surface area contributed by atoms with Crippen LogP contribution < -0.4 is 5.32 Å². The molecule has 1 aromatic carbocycles. The van der Waals surface area contributed by atoms with Crippen molar-refractivity contribution in [3.63, 3.8) is 0 Å². The number of hydrogen-bond acceptors (Lipinski definition) is 8. The van der Waals surface area contributed by atoms with E-state index in [-0.39, 0.29) is 49.7 Å². The van der Waals surface area contributed by atoms with Crippen LogP contribution in [0.2, 0.25) is 0 Å². The van der Waals surface area contributed by atoms with Crippen molar-refractivity contribution in [2.24, 2.45) is 5.92 Å². The van der Waals surface area contributed by atoms with Crippen molar-refractivity contribution in [3.8, 4) is 11.3 Å². The quantitative estimate of drug-likeness (QED) is 0.237. The fourth-order valence-corrected chi connectivity index (χ4v) is 4.63. The molecule has 2 N–H and O–H groups in total. The number of carbonyl (C=O) groups is 3. The Morgan fingerprint density at radius 3 is 2.58 bits per heavy atom.